The zero-order valence-corrected chi connectivity index (χ0v) is 23.2. The van der Waals surface area contributed by atoms with E-state index >= 15 is 0 Å². The van der Waals surface area contributed by atoms with Crippen LogP contribution in [0.25, 0.3) is 0 Å². The molecule has 39 heavy (non-hydrogen) atoms. The predicted octanol–water partition coefficient (Wildman–Crippen LogP) is 4.36. The highest BCUT2D eigenvalue weighted by molar-refractivity contribution is 7.92. The van der Waals surface area contributed by atoms with E-state index in [-0.39, 0.29) is 23.0 Å². The minimum atomic E-state index is -4.25. The second-order valence-corrected chi connectivity index (χ2v) is 10.9. The average Bonchev–Trinajstić information content (AvgIpc) is 2.95. The molecule has 1 atom stereocenters. The summed E-state index contributed by atoms with van der Waals surface area (Å²) in [5.74, 6) is -0.911. The molecule has 0 fully saturated rings. The van der Waals surface area contributed by atoms with E-state index in [1.54, 1.807) is 61.5 Å². The van der Waals surface area contributed by atoms with Crippen molar-refractivity contribution < 1.29 is 27.1 Å². The maximum absolute atomic E-state index is 13.8. The lowest BCUT2D eigenvalue weighted by Gasteiger charge is -2.32. The number of sulfonamides is 1. The number of methoxy groups -OCH3 is 1. The fourth-order valence-electron chi connectivity index (χ4n) is 3.94. The Kier molecular flexibility index (Phi) is 10.4. The quantitative estimate of drug-likeness (QED) is 0.316. The van der Waals surface area contributed by atoms with Gasteiger partial charge >= 0.3 is 0 Å². The average molecular weight is 556 g/mol. The summed E-state index contributed by atoms with van der Waals surface area (Å²) in [4.78, 5) is 28.0. The maximum Gasteiger partial charge on any atom is 0.264 e. The number of hydrogen-bond acceptors (Lipinski definition) is 5. The number of amides is 2. The third kappa shape index (κ3) is 7.79. The number of hydrogen-bond donors (Lipinski definition) is 1. The molecule has 0 unspecified atom stereocenters. The highest BCUT2D eigenvalue weighted by Crippen LogP contribution is 2.25. The molecule has 0 aliphatic rings. The Labute approximate surface area is 229 Å². The van der Waals surface area contributed by atoms with Crippen LogP contribution in [0.2, 0.25) is 0 Å². The third-order valence-corrected chi connectivity index (χ3v) is 8.00. The predicted molar refractivity (Wildman–Crippen MR) is 148 cm³/mol. The van der Waals surface area contributed by atoms with Crippen molar-refractivity contribution >= 4 is 27.5 Å². The number of para-hydroxylation sites is 1. The molecule has 0 aliphatic carbocycles. The van der Waals surface area contributed by atoms with E-state index in [0.29, 0.717) is 17.9 Å². The molecule has 0 spiro atoms. The molecular formula is C29H34FN3O5S. The van der Waals surface area contributed by atoms with Crippen LogP contribution in [0.15, 0.2) is 83.8 Å². The summed E-state index contributed by atoms with van der Waals surface area (Å²) in [5.41, 5.74) is 0.972. The van der Waals surface area contributed by atoms with Crippen LogP contribution < -0.4 is 14.4 Å². The molecular weight excluding hydrogens is 521 g/mol. The SMILES string of the molecule is CCCCNC(=O)[C@@H](C)N(Cc1cccc(OC)c1)C(=O)CN(c1ccccc1)S(=O)(=O)c1ccc(F)cc1. The normalized spacial score (nSPS) is 11.9. The summed E-state index contributed by atoms with van der Waals surface area (Å²) >= 11 is 0. The molecule has 0 radical (unpaired) electrons. The van der Waals surface area contributed by atoms with Crippen molar-refractivity contribution in [3.8, 4) is 5.75 Å². The number of nitrogens with one attached hydrogen (secondary N) is 1. The third-order valence-electron chi connectivity index (χ3n) is 6.21. The molecule has 0 aromatic heterocycles. The molecule has 3 rings (SSSR count). The van der Waals surface area contributed by atoms with E-state index in [2.05, 4.69) is 5.32 Å². The largest absolute Gasteiger partial charge is 0.497 e. The van der Waals surface area contributed by atoms with E-state index in [0.717, 1.165) is 41.4 Å². The molecule has 1 N–H and O–H groups in total. The Morgan fingerprint density at radius 3 is 2.33 bits per heavy atom. The van der Waals surface area contributed by atoms with Gasteiger partial charge in [0.15, 0.2) is 0 Å². The van der Waals surface area contributed by atoms with Crippen molar-refractivity contribution in [2.24, 2.45) is 0 Å². The minimum absolute atomic E-state index is 0.0532. The van der Waals surface area contributed by atoms with Crippen LogP contribution in [0, 0.1) is 5.82 Å². The fourth-order valence-corrected chi connectivity index (χ4v) is 5.36. The first-order valence-corrected chi connectivity index (χ1v) is 14.1. The molecule has 0 heterocycles. The molecule has 0 saturated heterocycles. The van der Waals surface area contributed by atoms with Crippen LogP contribution in [0.1, 0.15) is 32.3 Å². The van der Waals surface area contributed by atoms with Crippen molar-refractivity contribution in [3.63, 3.8) is 0 Å². The van der Waals surface area contributed by atoms with Gasteiger partial charge in [0.25, 0.3) is 10.0 Å². The lowest BCUT2D eigenvalue weighted by atomic mass is 10.1. The first-order valence-electron chi connectivity index (χ1n) is 12.7. The number of nitrogens with zero attached hydrogens (tertiary/aromatic N) is 2. The van der Waals surface area contributed by atoms with Crippen LogP contribution in [0.4, 0.5) is 10.1 Å². The van der Waals surface area contributed by atoms with Gasteiger partial charge < -0.3 is 15.0 Å². The Morgan fingerprint density at radius 2 is 1.69 bits per heavy atom. The second-order valence-electron chi connectivity index (χ2n) is 8.99. The van der Waals surface area contributed by atoms with Crippen LogP contribution in [-0.2, 0) is 26.2 Å². The van der Waals surface area contributed by atoms with Gasteiger partial charge in [0.1, 0.15) is 24.2 Å². The van der Waals surface area contributed by atoms with E-state index in [9.17, 15) is 22.4 Å². The highest BCUT2D eigenvalue weighted by Gasteiger charge is 2.32. The van der Waals surface area contributed by atoms with Gasteiger partial charge in [-0.3, -0.25) is 13.9 Å². The molecule has 10 heteroatoms. The first-order chi connectivity index (χ1) is 18.7. The van der Waals surface area contributed by atoms with E-state index in [1.165, 1.54) is 12.0 Å². The molecule has 0 aliphatic heterocycles. The second kappa shape index (κ2) is 13.7. The topological polar surface area (TPSA) is 96.0 Å². The number of benzene rings is 3. The van der Waals surface area contributed by atoms with Gasteiger partial charge in [0.2, 0.25) is 11.8 Å². The van der Waals surface area contributed by atoms with Crippen LogP contribution >= 0.6 is 0 Å². The molecule has 3 aromatic carbocycles. The van der Waals surface area contributed by atoms with Crippen LogP contribution in [0.3, 0.4) is 0 Å². The lowest BCUT2D eigenvalue weighted by molar-refractivity contribution is -0.139. The molecule has 208 valence electrons. The van der Waals surface area contributed by atoms with Crippen molar-refractivity contribution in [2.45, 2.75) is 44.2 Å². The van der Waals surface area contributed by atoms with Gasteiger partial charge in [0, 0.05) is 13.1 Å². The summed E-state index contributed by atoms with van der Waals surface area (Å²) in [5, 5.41) is 2.85. The lowest BCUT2D eigenvalue weighted by Crippen LogP contribution is -2.51. The van der Waals surface area contributed by atoms with Gasteiger partial charge in [0.05, 0.1) is 17.7 Å². The van der Waals surface area contributed by atoms with Crippen molar-refractivity contribution in [1.29, 1.82) is 0 Å². The number of rotatable bonds is 13. The number of unbranched alkanes of at least 4 members (excludes halogenated alkanes) is 1. The zero-order valence-electron chi connectivity index (χ0n) is 22.3. The van der Waals surface area contributed by atoms with E-state index in [4.69, 9.17) is 4.74 Å². The Morgan fingerprint density at radius 1 is 1.00 bits per heavy atom. The number of ether oxygens (including phenoxy) is 1. The van der Waals surface area contributed by atoms with E-state index < -0.39 is 34.3 Å². The Bertz CT molecular complexity index is 1350. The minimum Gasteiger partial charge on any atom is -0.497 e. The van der Waals surface area contributed by atoms with Crippen LogP contribution in [0.5, 0.6) is 5.75 Å². The van der Waals surface area contributed by atoms with Gasteiger partial charge in [-0.1, -0.05) is 43.7 Å². The smallest absolute Gasteiger partial charge is 0.264 e. The van der Waals surface area contributed by atoms with Gasteiger partial charge in [-0.05, 0) is 67.4 Å². The number of carbonyl (C=O) groups excluding carboxylic acids is 2. The van der Waals surface area contributed by atoms with E-state index in [1.807, 2.05) is 6.92 Å². The Balaban J connectivity index is 1.98. The standard InChI is InChI=1S/C29H34FN3O5S/c1-4-5-18-31-29(35)22(2)32(20-23-10-9-13-26(19-23)38-3)28(34)21-33(25-11-7-6-8-12-25)39(36,37)27-16-14-24(30)15-17-27/h6-17,19,22H,4-5,18,20-21H2,1-3H3,(H,31,35)/t22-/m1/s1. The molecule has 0 bridgehead atoms. The zero-order chi connectivity index (χ0) is 28.4. The van der Waals surface area contributed by atoms with Gasteiger partial charge in [-0.2, -0.15) is 0 Å². The number of anilines is 1. The summed E-state index contributed by atoms with van der Waals surface area (Å²) < 4.78 is 47.1. The maximum atomic E-state index is 13.8. The number of carbonyl (C=O) groups is 2. The highest BCUT2D eigenvalue weighted by atomic mass is 32.2. The molecule has 8 nitrogen and oxygen atoms in total. The summed E-state index contributed by atoms with van der Waals surface area (Å²) in [6, 6.07) is 18.8. The van der Waals surface area contributed by atoms with Crippen molar-refractivity contribution in [2.75, 3.05) is 24.5 Å². The van der Waals surface area contributed by atoms with Crippen LogP contribution in [-0.4, -0.2) is 51.4 Å². The van der Waals surface area contributed by atoms with Crippen molar-refractivity contribution in [1.82, 2.24) is 10.2 Å². The summed E-state index contributed by atoms with van der Waals surface area (Å²) in [6.07, 6.45) is 1.69. The Hall–Kier alpha value is -3.92. The molecule has 3 aromatic rings. The monoisotopic (exact) mass is 555 g/mol. The molecule has 2 amide bonds. The fraction of sp³-hybridized carbons (Fsp3) is 0.310. The summed E-state index contributed by atoms with van der Waals surface area (Å²) in [7, 11) is -2.72. The summed E-state index contributed by atoms with van der Waals surface area (Å²) in [6.45, 7) is 3.57. The van der Waals surface area contributed by atoms with Crippen molar-refractivity contribution in [3.05, 3.63) is 90.2 Å². The van der Waals surface area contributed by atoms with Gasteiger partial charge in [-0.25, -0.2) is 12.8 Å². The molecule has 0 saturated carbocycles. The first kappa shape index (κ1) is 29.6. The number of halogens is 1. The van der Waals surface area contributed by atoms with Gasteiger partial charge in [-0.15, -0.1) is 0 Å².